The molecule has 0 aromatic heterocycles. The largest absolute Gasteiger partial charge is 0.478 e. The van der Waals surface area contributed by atoms with Crippen molar-refractivity contribution in [1.29, 1.82) is 0 Å². The molecule has 2 atom stereocenters. The third-order valence-corrected chi connectivity index (χ3v) is 7.00. The van der Waals surface area contributed by atoms with Crippen LogP contribution < -0.4 is 16.1 Å². The Hall–Kier alpha value is -2.50. The van der Waals surface area contributed by atoms with Gasteiger partial charge in [-0.2, -0.15) is 0 Å². The quantitative estimate of drug-likeness (QED) is 0.221. The van der Waals surface area contributed by atoms with Crippen molar-refractivity contribution in [3.05, 3.63) is 76.8 Å². The number of benzene rings is 1. The smallest absolute Gasteiger partial charge is 0.195 e. The Morgan fingerprint density at radius 1 is 1.12 bits per heavy atom. The number of hydrazine groups is 1. The summed E-state index contributed by atoms with van der Waals surface area (Å²) < 4.78 is 6.59. The van der Waals surface area contributed by atoms with Gasteiger partial charge in [0, 0.05) is 31.9 Å². The SMILES string of the molecule is C/C=C(\CNCC)c1cccc(C2CC=CC(C3=CN(C)NC3)=C(OCC(CC)CCCC)N2)c1.CC.CC.CC. The lowest BCUT2D eigenvalue weighted by Gasteiger charge is -2.24. The van der Waals surface area contributed by atoms with Crippen molar-refractivity contribution in [2.45, 2.75) is 107 Å². The minimum Gasteiger partial charge on any atom is -0.478 e. The average Bonchev–Trinajstić information content (AvgIpc) is 3.35. The first-order valence-corrected chi connectivity index (χ1v) is 16.5. The van der Waals surface area contributed by atoms with Gasteiger partial charge in [0.1, 0.15) is 0 Å². The summed E-state index contributed by atoms with van der Waals surface area (Å²) >= 11 is 0. The molecular formula is C36H64N4O. The van der Waals surface area contributed by atoms with Crippen LogP contribution in [0.15, 0.2) is 65.7 Å². The second-order valence-corrected chi connectivity index (χ2v) is 9.63. The molecule has 5 nitrogen and oxygen atoms in total. The van der Waals surface area contributed by atoms with E-state index in [-0.39, 0.29) is 6.04 Å². The molecule has 1 aromatic rings. The zero-order valence-electron chi connectivity index (χ0n) is 28.5. The van der Waals surface area contributed by atoms with Crippen molar-refractivity contribution in [3.8, 4) is 0 Å². The summed E-state index contributed by atoms with van der Waals surface area (Å²) in [6.07, 6.45) is 14.7. The minimum absolute atomic E-state index is 0.166. The van der Waals surface area contributed by atoms with Gasteiger partial charge in [0.2, 0.25) is 0 Å². The van der Waals surface area contributed by atoms with Crippen LogP contribution in [0.1, 0.15) is 119 Å². The molecule has 3 N–H and O–H groups in total. The van der Waals surface area contributed by atoms with E-state index in [1.807, 2.05) is 53.6 Å². The van der Waals surface area contributed by atoms with Crippen molar-refractivity contribution < 1.29 is 4.74 Å². The number of allylic oxidation sites excluding steroid dienone is 2. The fourth-order valence-electron chi connectivity index (χ4n) is 4.67. The maximum Gasteiger partial charge on any atom is 0.195 e. The third-order valence-electron chi connectivity index (χ3n) is 7.00. The van der Waals surface area contributed by atoms with Gasteiger partial charge in [-0.25, -0.2) is 5.43 Å². The molecule has 2 aliphatic rings. The number of nitrogens with one attached hydrogen (secondary N) is 3. The molecule has 0 spiro atoms. The Bertz CT molecular complexity index is 931. The summed E-state index contributed by atoms with van der Waals surface area (Å²) in [4.78, 5) is 0. The highest BCUT2D eigenvalue weighted by atomic mass is 16.5. The highest BCUT2D eigenvalue weighted by molar-refractivity contribution is 5.67. The zero-order chi connectivity index (χ0) is 31.0. The van der Waals surface area contributed by atoms with Crippen LogP contribution in [0, 0.1) is 5.92 Å². The second kappa shape index (κ2) is 24.1. The zero-order valence-corrected chi connectivity index (χ0v) is 28.5. The summed E-state index contributed by atoms with van der Waals surface area (Å²) in [6, 6.07) is 9.13. The monoisotopic (exact) mass is 569 g/mol. The number of hydrogen-bond donors (Lipinski definition) is 3. The van der Waals surface area contributed by atoms with Crippen molar-refractivity contribution in [3.63, 3.8) is 0 Å². The Morgan fingerprint density at radius 3 is 2.44 bits per heavy atom. The average molecular weight is 569 g/mol. The van der Waals surface area contributed by atoms with Crippen LogP contribution in [0.2, 0.25) is 0 Å². The minimum atomic E-state index is 0.166. The molecule has 0 aliphatic carbocycles. The number of unbranched alkanes of at least 4 members (excludes halogenated alkanes) is 1. The van der Waals surface area contributed by atoms with Gasteiger partial charge in [-0.15, -0.1) is 0 Å². The topological polar surface area (TPSA) is 48.6 Å². The van der Waals surface area contributed by atoms with Gasteiger partial charge in [0.05, 0.1) is 12.6 Å². The van der Waals surface area contributed by atoms with E-state index in [0.29, 0.717) is 5.92 Å². The maximum absolute atomic E-state index is 6.59. The van der Waals surface area contributed by atoms with Crippen molar-refractivity contribution in [1.82, 2.24) is 21.1 Å². The van der Waals surface area contributed by atoms with Crippen LogP contribution in [0.25, 0.3) is 5.57 Å². The molecule has 2 unspecified atom stereocenters. The lowest BCUT2D eigenvalue weighted by Crippen LogP contribution is -2.25. The molecular weight excluding hydrogens is 504 g/mol. The highest BCUT2D eigenvalue weighted by Gasteiger charge is 2.23. The van der Waals surface area contributed by atoms with Crippen molar-refractivity contribution in [2.75, 3.05) is 33.3 Å². The van der Waals surface area contributed by atoms with Crippen LogP contribution in [0.3, 0.4) is 0 Å². The Morgan fingerprint density at radius 2 is 1.85 bits per heavy atom. The van der Waals surface area contributed by atoms with Crippen LogP contribution in [-0.4, -0.2) is 38.3 Å². The third kappa shape index (κ3) is 13.3. The van der Waals surface area contributed by atoms with Crippen molar-refractivity contribution in [2.24, 2.45) is 5.92 Å². The molecule has 0 saturated heterocycles. The molecule has 41 heavy (non-hydrogen) atoms. The summed E-state index contributed by atoms with van der Waals surface area (Å²) in [5.74, 6) is 1.49. The molecule has 3 rings (SSSR count). The lowest BCUT2D eigenvalue weighted by molar-refractivity contribution is 0.134. The Kier molecular flexibility index (Phi) is 22.7. The summed E-state index contributed by atoms with van der Waals surface area (Å²) in [7, 11) is 2.04. The van der Waals surface area contributed by atoms with Crippen LogP contribution in [-0.2, 0) is 4.74 Å². The van der Waals surface area contributed by atoms with E-state index in [1.165, 1.54) is 41.5 Å². The first-order valence-electron chi connectivity index (χ1n) is 16.5. The molecule has 234 valence electrons. The molecule has 0 radical (unpaired) electrons. The maximum atomic E-state index is 6.59. The predicted molar refractivity (Wildman–Crippen MR) is 182 cm³/mol. The van der Waals surface area contributed by atoms with Gasteiger partial charge in [-0.3, -0.25) is 0 Å². The van der Waals surface area contributed by atoms with Crippen molar-refractivity contribution >= 4 is 5.57 Å². The molecule has 0 saturated carbocycles. The van der Waals surface area contributed by atoms with E-state index >= 15 is 0 Å². The van der Waals surface area contributed by atoms with E-state index in [2.05, 4.69) is 92.4 Å². The first-order chi connectivity index (χ1) is 20.1. The number of ether oxygens (including phenoxy) is 1. The summed E-state index contributed by atoms with van der Waals surface area (Å²) in [5.41, 5.74) is 9.69. The molecule has 5 heteroatoms. The Labute approximate surface area is 254 Å². The molecule has 2 heterocycles. The predicted octanol–water partition coefficient (Wildman–Crippen LogP) is 9.15. The summed E-state index contributed by atoms with van der Waals surface area (Å²) in [6.45, 7) is 24.2. The highest BCUT2D eigenvalue weighted by Crippen LogP contribution is 2.30. The fourth-order valence-corrected chi connectivity index (χ4v) is 4.67. The normalized spacial score (nSPS) is 17.0. The molecule has 1 aromatic carbocycles. The van der Waals surface area contributed by atoms with Gasteiger partial charge in [0.15, 0.2) is 5.88 Å². The van der Waals surface area contributed by atoms with Gasteiger partial charge in [-0.05, 0) is 60.6 Å². The lowest BCUT2D eigenvalue weighted by atomic mass is 9.97. The number of rotatable bonds is 13. The Balaban J connectivity index is 0.00000250. The van der Waals surface area contributed by atoms with Crippen LogP contribution in [0.5, 0.6) is 0 Å². The molecule has 2 aliphatic heterocycles. The molecule has 0 bridgehead atoms. The molecule has 0 amide bonds. The van der Waals surface area contributed by atoms with Gasteiger partial charge in [-0.1, -0.05) is 118 Å². The van der Waals surface area contributed by atoms with Gasteiger partial charge in [0.25, 0.3) is 0 Å². The number of likely N-dealkylation sites (N-methyl/N-ethyl adjacent to an activating group) is 1. The van der Waals surface area contributed by atoms with E-state index < -0.39 is 0 Å². The van der Waals surface area contributed by atoms with Gasteiger partial charge >= 0.3 is 0 Å². The summed E-state index contributed by atoms with van der Waals surface area (Å²) in [5, 5.41) is 9.30. The van der Waals surface area contributed by atoms with E-state index in [1.54, 1.807) is 0 Å². The fraction of sp³-hybridized carbons (Fsp3) is 0.611. The second-order valence-electron chi connectivity index (χ2n) is 9.63. The first kappa shape index (κ1) is 38.5. The number of hydrogen-bond acceptors (Lipinski definition) is 5. The van der Waals surface area contributed by atoms with Gasteiger partial charge < -0.3 is 20.4 Å². The molecule has 0 fully saturated rings. The van der Waals surface area contributed by atoms with Crippen LogP contribution >= 0.6 is 0 Å². The van der Waals surface area contributed by atoms with E-state index in [9.17, 15) is 0 Å². The number of nitrogens with zero attached hydrogens (tertiary/aromatic N) is 1. The van der Waals surface area contributed by atoms with E-state index in [4.69, 9.17) is 4.74 Å². The standard InChI is InChI=1S/C30H46N4O.3C2H6/c1-6-10-13-23(7-2)22-35-30-28(27-20-32-34(5)21-27)16-12-17-29(33-30)26-15-11-14-25(18-26)24(8-3)19-31-9-4;3*1-2/h8,11-12,14-16,18,21,23,29,31-33H,6-7,9-10,13,17,19-20,22H2,1-5H3;3*1-2H3/b24-8+;;;. The van der Waals surface area contributed by atoms with E-state index in [0.717, 1.165) is 50.5 Å². The van der Waals surface area contributed by atoms with Crippen LogP contribution in [0.4, 0.5) is 0 Å².